The molecule has 0 unspecified atom stereocenters. The number of halogens is 3. The van der Waals surface area contributed by atoms with Crippen LogP contribution in [-0.4, -0.2) is 43.5 Å². The lowest BCUT2D eigenvalue weighted by Crippen LogP contribution is -2.20. The van der Waals surface area contributed by atoms with Crippen LogP contribution in [0.1, 0.15) is 12.1 Å². The van der Waals surface area contributed by atoms with Crippen molar-refractivity contribution in [2.45, 2.75) is 6.42 Å². The molecule has 0 radical (unpaired) electrons. The normalized spacial score (nSPS) is 12.8. The zero-order chi connectivity index (χ0) is 29.6. The van der Waals surface area contributed by atoms with Gasteiger partial charge in [-0.2, -0.15) is 10.2 Å². The molecule has 3 N–H and O–H groups in total. The number of pyridine rings is 2. The number of hydrogen-bond acceptors (Lipinski definition) is 5. The fourth-order valence-corrected chi connectivity index (χ4v) is 5.47. The lowest BCUT2D eigenvalue weighted by Gasteiger charge is -2.14. The van der Waals surface area contributed by atoms with Crippen molar-refractivity contribution in [1.29, 1.82) is 0 Å². The molecule has 7 nitrogen and oxygen atoms in total. The lowest BCUT2D eigenvalue weighted by atomic mass is 9.94. The predicted octanol–water partition coefficient (Wildman–Crippen LogP) is 7.69. The van der Waals surface area contributed by atoms with Gasteiger partial charge in [-0.05, 0) is 118 Å². The number of H-pyrrole nitrogens is 2. The maximum Gasteiger partial charge on any atom is 0.123 e. The van der Waals surface area contributed by atoms with Crippen LogP contribution in [0, 0.1) is 11.6 Å². The second kappa shape index (κ2) is 13.0. The Labute approximate surface area is 255 Å². The van der Waals surface area contributed by atoms with Gasteiger partial charge in [-0.3, -0.25) is 20.2 Å². The van der Waals surface area contributed by atoms with Crippen molar-refractivity contribution in [3.05, 3.63) is 126 Å². The Hall–Kier alpha value is -4.80. The first-order chi connectivity index (χ1) is 21.1. The molecule has 6 aromatic rings. The molecule has 1 aliphatic heterocycles. The Balaban J connectivity index is 0.000000157. The minimum absolute atomic E-state index is 0.249. The molecule has 0 saturated heterocycles. The van der Waals surface area contributed by atoms with Crippen LogP contribution in [0.3, 0.4) is 0 Å². The monoisotopic (exact) mass is 637 g/mol. The van der Waals surface area contributed by atoms with E-state index in [1.807, 2.05) is 24.3 Å². The van der Waals surface area contributed by atoms with Gasteiger partial charge in [0.1, 0.15) is 27.6 Å². The topological polar surface area (TPSA) is 95.2 Å². The first-order valence-electron chi connectivity index (χ1n) is 13.6. The highest BCUT2D eigenvalue weighted by Gasteiger charge is 2.20. The van der Waals surface area contributed by atoms with Crippen molar-refractivity contribution in [1.82, 2.24) is 35.7 Å². The van der Waals surface area contributed by atoms with Crippen LogP contribution in [0.2, 0.25) is 0 Å². The third-order valence-electron chi connectivity index (χ3n) is 7.05. The van der Waals surface area contributed by atoms with E-state index in [2.05, 4.69) is 57.7 Å². The summed E-state index contributed by atoms with van der Waals surface area (Å²) in [7, 11) is 0. The van der Waals surface area contributed by atoms with Crippen LogP contribution in [0.15, 0.2) is 108 Å². The van der Waals surface area contributed by atoms with Crippen molar-refractivity contribution in [2.75, 3.05) is 13.1 Å². The lowest BCUT2D eigenvalue weighted by molar-refractivity contribution is 0.627. The summed E-state index contributed by atoms with van der Waals surface area (Å²) in [6.45, 7) is 1.81. The van der Waals surface area contributed by atoms with E-state index in [0.717, 1.165) is 74.6 Å². The molecule has 0 bridgehead atoms. The summed E-state index contributed by atoms with van der Waals surface area (Å²) < 4.78 is 27.0. The van der Waals surface area contributed by atoms with Gasteiger partial charge < -0.3 is 5.32 Å². The average molecular weight is 639 g/mol. The highest BCUT2D eigenvalue weighted by atomic mass is 79.9. The zero-order valence-corrected chi connectivity index (χ0v) is 24.4. The summed E-state index contributed by atoms with van der Waals surface area (Å²) in [5.41, 5.74) is 9.65. The van der Waals surface area contributed by atoms with Crippen LogP contribution in [0.5, 0.6) is 0 Å². The summed E-state index contributed by atoms with van der Waals surface area (Å²) in [6.07, 6.45) is 10.1. The van der Waals surface area contributed by atoms with Gasteiger partial charge in [-0.1, -0.05) is 6.08 Å². The first-order valence-corrected chi connectivity index (χ1v) is 14.4. The predicted molar refractivity (Wildman–Crippen MR) is 168 cm³/mol. The van der Waals surface area contributed by atoms with Crippen molar-refractivity contribution >= 4 is 21.5 Å². The summed E-state index contributed by atoms with van der Waals surface area (Å²) in [6, 6.07) is 20.5. The number of rotatable bonds is 5. The number of nitrogens with zero attached hydrogens (tertiary/aromatic N) is 4. The molecule has 0 fully saturated rings. The average Bonchev–Trinajstić information content (AvgIpc) is 3.68. The Morgan fingerprint density at radius 1 is 0.605 bits per heavy atom. The molecule has 10 heteroatoms. The van der Waals surface area contributed by atoms with Gasteiger partial charge in [0.25, 0.3) is 0 Å². The molecule has 1 aliphatic rings. The van der Waals surface area contributed by atoms with Gasteiger partial charge in [-0.15, -0.1) is 0 Å². The van der Waals surface area contributed by atoms with E-state index in [1.165, 1.54) is 29.8 Å². The number of hydrogen-bond donors (Lipinski definition) is 3. The Kier molecular flexibility index (Phi) is 8.57. The van der Waals surface area contributed by atoms with Crippen molar-refractivity contribution in [3.8, 4) is 44.8 Å². The molecule has 0 spiro atoms. The summed E-state index contributed by atoms with van der Waals surface area (Å²) in [5.74, 6) is -0.509. The second-order valence-corrected chi connectivity index (χ2v) is 10.5. The molecule has 2 aromatic carbocycles. The maximum absolute atomic E-state index is 13.3. The highest BCUT2D eigenvalue weighted by Crippen LogP contribution is 2.38. The number of aromatic amines is 2. The van der Waals surface area contributed by atoms with Crippen molar-refractivity contribution in [2.24, 2.45) is 0 Å². The van der Waals surface area contributed by atoms with E-state index in [4.69, 9.17) is 0 Å². The fraction of sp³-hybridized carbons (Fsp3) is 0.0909. The number of benzene rings is 2. The third-order valence-corrected chi connectivity index (χ3v) is 7.62. The van der Waals surface area contributed by atoms with E-state index >= 15 is 0 Å². The van der Waals surface area contributed by atoms with Crippen LogP contribution < -0.4 is 5.32 Å². The van der Waals surface area contributed by atoms with Crippen LogP contribution in [0.25, 0.3) is 50.3 Å². The fourth-order valence-electron chi connectivity index (χ4n) is 4.96. The number of nitrogens with one attached hydrogen (secondary N) is 3. The van der Waals surface area contributed by atoms with Gasteiger partial charge >= 0.3 is 0 Å². The summed E-state index contributed by atoms with van der Waals surface area (Å²) >= 11 is 3.45. The van der Waals surface area contributed by atoms with Gasteiger partial charge in [0.2, 0.25) is 0 Å². The smallest absolute Gasteiger partial charge is 0.123 e. The second-order valence-electron chi connectivity index (χ2n) is 9.75. The van der Waals surface area contributed by atoms with Gasteiger partial charge in [-0.25, -0.2) is 8.78 Å². The van der Waals surface area contributed by atoms with E-state index in [-0.39, 0.29) is 11.6 Å². The standard InChI is InChI=1S/C19H17FN4.C14H9BrFN3/c20-16-3-1-14(2-4-16)18-17(13-5-9-21-10-6-13)19(24-23-18)15-7-11-22-12-8-15;15-14-12(9-5-7-17-8-6-9)13(18-19-14)10-1-3-11(16)4-2-10/h1-7,9-10,22H,8,11-12H2,(H,23,24);1-8H,(H,18,19). The zero-order valence-electron chi connectivity index (χ0n) is 22.9. The van der Waals surface area contributed by atoms with Crippen molar-refractivity contribution in [3.63, 3.8) is 0 Å². The van der Waals surface area contributed by atoms with E-state index < -0.39 is 0 Å². The van der Waals surface area contributed by atoms with E-state index in [9.17, 15) is 8.78 Å². The molecule has 0 atom stereocenters. The van der Waals surface area contributed by atoms with Crippen LogP contribution >= 0.6 is 15.9 Å². The van der Waals surface area contributed by atoms with Crippen LogP contribution in [0.4, 0.5) is 8.78 Å². The SMILES string of the molecule is Fc1ccc(-c2n[nH]c(Br)c2-c2ccncc2)cc1.Fc1ccc(-c2n[nH]c(C3=CCNCC3)c2-c2ccncc2)cc1. The van der Waals surface area contributed by atoms with Gasteiger partial charge in [0.15, 0.2) is 0 Å². The highest BCUT2D eigenvalue weighted by molar-refractivity contribution is 9.10. The summed E-state index contributed by atoms with van der Waals surface area (Å²) in [4.78, 5) is 8.11. The maximum atomic E-state index is 13.3. The van der Waals surface area contributed by atoms with Gasteiger partial charge in [0, 0.05) is 53.6 Å². The molecule has 4 aromatic heterocycles. The molecule has 43 heavy (non-hydrogen) atoms. The summed E-state index contributed by atoms with van der Waals surface area (Å²) in [5, 5.41) is 18.2. The Bertz CT molecular complexity index is 1830. The molecular formula is C33H26BrF2N7. The van der Waals surface area contributed by atoms with Gasteiger partial charge in [0.05, 0.1) is 5.69 Å². The largest absolute Gasteiger partial charge is 0.313 e. The molecule has 7 rings (SSSR count). The molecular weight excluding hydrogens is 612 g/mol. The minimum atomic E-state index is -0.260. The molecule has 0 aliphatic carbocycles. The third kappa shape index (κ3) is 6.35. The van der Waals surface area contributed by atoms with Crippen LogP contribution in [-0.2, 0) is 0 Å². The quantitative estimate of drug-likeness (QED) is 0.180. The minimum Gasteiger partial charge on any atom is -0.313 e. The Morgan fingerprint density at radius 2 is 1.12 bits per heavy atom. The van der Waals surface area contributed by atoms with Crippen molar-refractivity contribution < 1.29 is 8.78 Å². The molecule has 0 saturated carbocycles. The first kappa shape index (κ1) is 28.3. The molecule has 0 amide bonds. The van der Waals surface area contributed by atoms with E-state index in [0.29, 0.717) is 0 Å². The molecule has 214 valence electrons. The number of aromatic nitrogens is 6. The molecule has 5 heterocycles. The van der Waals surface area contributed by atoms with E-state index in [1.54, 1.807) is 49.1 Å². The Morgan fingerprint density at radius 3 is 1.65 bits per heavy atom.